The van der Waals surface area contributed by atoms with Crippen LogP contribution in [0.2, 0.25) is 0 Å². The number of nitrogens with one attached hydrogen (secondary N) is 1. The number of piperidine rings is 1. The van der Waals surface area contributed by atoms with Gasteiger partial charge in [-0.3, -0.25) is 4.79 Å². The predicted molar refractivity (Wildman–Crippen MR) is 99.9 cm³/mol. The fourth-order valence-corrected chi connectivity index (χ4v) is 5.04. The van der Waals surface area contributed by atoms with Crippen molar-refractivity contribution in [2.75, 3.05) is 24.5 Å². The third-order valence-electron chi connectivity index (χ3n) is 6.25. The van der Waals surface area contributed by atoms with Crippen molar-refractivity contribution in [3.8, 4) is 11.1 Å². The van der Waals surface area contributed by atoms with Crippen LogP contribution in [0.25, 0.3) is 11.1 Å². The molecule has 2 heterocycles. The van der Waals surface area contributed by atoms with Gasteiger partial charge in [0.2, 0.25) is 5.91 Å². The van der Waals surface area contributed by atoms with Crippen molar-refractivity contribution < 1.29 is 9.18 Å². The first kappa shape index (κ1) is 15.8. The van der Waals surface area contributed by atoms with E-state index in [0.717, 1.165) is 54.7 Å². The molecule has 5 heteroatoms. The molecule has 4 nitrogen and oxygen atoms in total. The third kappa shape index (κ3) is 2.27. The lowest BCUT2D eigenvalue weighted by Crippen LogP contribution is -2.45. The lowest BCUT2D eigenvalue weighted by Gasteiger charge is -2.37. The molecule has 1 aliphatic carbocycles. The molecule has 2 aliphatic heterocycles. The van der Waals surface area contributed by atoms with Gasteiger partial charge in [0.1, 0.15) is 5.82 Å². The van der Waals surface area contributed by atoms with Gasteiger partial charge in [-0.05, 0) is 54.5 Å². The van der Waals surface area contributed by atoms with Crippen molar-refractivity contribution in [1.82, 2.24) is 5.32 Å². The molecule has 2 saturated heterocycles. The molecular formula is C21H22FN3O. The van der Waals surface area contributed by atoms with Crippen molar-refractivity contribution in [3.05, 3.63) is 52.8 Å². The quantitative estimate of drug-likeness (QED) is 0.746. The number of fused-ring (bicyclic) bond motifs is 4. The van der Waals surface area contributed by atoms with Gasteiger partial charge in [0.05, 0.1) is 5.69 Å². The third-order valence-corrected chi connectivity index (χ3v) is 6.25. The van der Waals surface area contributed by atoms with Gasteiger partial charge in [-0.25, -0.2) is 4.39 Å². The highest BCUT2D eigenvalue weighted by atomic mass is 19.1. The number of amides is 1. The Hall–Kier alpha value is -2.40. The highest BCUT2D eigenvalue weighted by Crippen LogP contribution is 2.46. The van der Waals surface area contributed by atoms with Crippen LogP contribution in [0.4, 0.5) is 10.1 Å². The topological polar surface area (TPSA) is 58.4 Å². The van der Waals surface area contributed by atoms with E-state index in [0.29, 0.717) is 29.6 Å². The zero-order valence-electron chi connectivity index (χ0n) is 14.6. The summed E-state index contributed by atoms with van der Waals surface area (Å²) in [6.07, 6.45) is 2.80. The van der Waals surface area contributed by atoms with Gasteiger partial charge in [-0.15, -0.1) is 0 Å². The Morgan fingerprint density at radius 2 is 2.12 bits per heavy atom. The van der Waals surface area contributed by atoms with Crippen LogP contribution in [-0.4, -0.2) is 31.6 Å². The van der Waals surface area contributed by atoms with Crippen molar-refractivity contribution in [2.24, 2.45) is 11.7 Å². The molecule has 1 amide bonds. The van der Waals surface area contributed by atoms with Gasteiger partial charge in [0.15, 0.2) is 0 Å². The van der Waals surface area contributed by atoms with Crippen LogP contribution in [-0.2, 0) is 6.42 Å². The van der Waals surface area contributed by atoms with E-state index in [-0.39, 0.29) is 5.82 Å². The molecule has 3 N–H and O–H groups in total. The number of hydrogen-bond donors (Lipinski definition) is 2. The number of hydrogen-bond acceptors (Lipinski definition) is 3. The van der Waals surface area contributed by atoms with E-state index in [1.807, 2.05) is 18.2 Å². The smallest absolute Gasteiger partial charge is 0.249 e. The van der Waals surface area contributed by atoms with Crippen LogP contribution >= 0.6 is 0 Å². The van der Waals surface area contributed by atoms with Crippen LogP contribution in [0.1, 0.15) is 34.3 Å². The standard InChI is InChI=1S/C21H22FN3O/c22-17-10-16(21(23)26)15-9-12-3-1-2-4-14(12)19(15)20(17)25-8-6-18-13(11-25)5-7-24-18/h1-4,10,13,18,24H,5-9,11H2,(H2,23,26). The summed E-state index contributed by atoms with van der Waals surface area (Å²) < 4.78 is 15.2. The number of anilines is 1. The number of rotatable bonds is 2. The fraction of sp³-hybridized carbons (Fsp3) is 0.381. The van der Waals surface area contributed by atoms with Crippen molar-refractivity contribution in [3.63, 3.8) is 0 Å². The second-order valence-corrected chi connectivity index (χ2v) is 7.65. The van der Waals surface area contributed by atoms with Crippen molar-refractivity contribution in [2.45, 2.75) is 25.3 Å². The summed E-state index contributed by atoms with van der Waals surface area (Å²) in [6, 6.07) is 9.94. The summed E-state index contributed by atoms with van der Waals surface area (Å²) in [5.74, 6) is -0.330. The molecule has 2 unspecified atom stereocenters. The molecule has 0 saturated carbocycles. The predicted octanol–water partition coefficient (Wildman–Crippen LogP) is 2.68. The maximum atomic E-state index is 15.2. The van der Waals surface area contributed by atoms with Gasteiger partial charge >= 0.3 is 0 Å². The van der Waals surface area contributed by atoms with Crippen LogP contribution in [0, 0.1) is 11.7 Å². The molecular weight excluding hydrogens is 329 g/mol. The molecule has 0 aromatic heterocycles. The van der Waals surface area contributed by atoms with Crippen LogP contribution in [0.15, 0.2) is 30.3 Å². The van der Waals surface area contributed by atoms with E-state index >= 15 is 4.39 Å². The summed E-state index contributed by atoms with van der Waals surface area (Å²) in [5, 5.41) is 3.56. The minimum absolute atomic E-state index is 0.315. The number of primary amides is 1. The zero-order chi connectivity index (χ0) is 17.8. The molecule has 5 rings (SSSR count). The van der Waals surface area contributed by atoms with Gasteiger partial charge in [0.25, 0.3) is 0 Å². The minimum atomic E-state index is -0.557. The lowest BCUT2D eigenvalue weighted by atomic mass is 9.91. The monoisotopic (exact) mass is 351 g/mol. The van der Waals surface area contributed by atoms with Crippen molar-refractivity contribution >= 4 is 11.6 Å². The number of halogens is 1. The van der Waals surface area contributed by atoms with Crippen LogP contribution < -0.4 is 16.0 Å². The van der Waals surface area contributed by atoms with Crippen molar-refractivity contribution in [1.29, 1.82) is 0 Å². The second kappa shape index (κ2) is 5.81. The Morgan fingerprint density at radius 3 is 2.96 bits per heavy atom. The highest BCUT2D eigenvalue weighted by Gasteiger charge is 2.36. The summed E-state index contributed by atoms with van der Waals surface area (Å²) in [5.41, 5.74) is 10.4. The van der Waals surface area contributed by atoms with Gasteiger partial charge in [-0.2, -0.15) is 0 Å². The maximum absolute atomic E-state index is 15.2. The average Bonchev–Trinajstić information content (AvgIpc) is 3.24. The second-order valence-electron chi connectivity index (χ2n) is 7.65. The minimum Gasteiger partial charge on any atom is -0.368 e. The SMILES string of the molecule is NC(=O)c1cc(F)c(N2CCC3NCCC3C2)c2c1Cc1ccccc1-2. The average molecular weight is 351 g/mol. The molecule has 2 aromatic rings. The van der Waals surface area contributed by atoms with Crippen LogP contribution in [0.5, 0.6) is 0 Å². The Morgan fingerprint density at radius 1 is 1.27 bits per heavy atom. The molecule has 0 radical (unpaired) electrons. The number of carbonyl (C=O) groups excluding carboxylic acids is 1. The van der Waals surface area contributed by atoms with E-state index in [9.17, 15) is 4.79 Å². The molecule has 0 spiro atoms. The van der Waals surface area contributed by atoms with E-state index < -0.39 is 5.91 Å². The molecule has 134 valence electrons. The first-order chi connectivity index (χ1) is 12.6. The molecule has 3 aliphatic rings. The first-order valence-electron chi connectivity index (χ1n) is 9.35. The number of benzene rings is 2. The van der Waals surface area contributed by atoms with Gasteiger partial charge < -0.3 is 16.0 Å². The first-order valence-corrected chi connectivity index (χ1v) is 9.35. The zero-order valence-corrected chi connectivity index (χ0v) is 14.6. The molecule has 2 aromatic carbocycles. The molecule has 2 fully saturated rings. The van der Waals surface area contributed by atoms with Crippen LogP contribution in [0.3, 0.4) is 0 Å². The Kier molecular flexibility index (Phi) is 3.54. The normalized spacial score (nSPS) is 23.5. The van der Waals surface area contributed by atoms with Gasteiger partial charge in [-0.1, -0.05) is 24.3 Å². The van der Waals surface area contributed by atoms with E-state index in [2.05, 4.69) is 16.3 Å². The highest BCUT2D eigenvalue weighted by molar-refractivity contribution is 6.01. The number of carbonyl (C=O) groups is 1. The summed E-state index contributed by atoms with van der Waals surface area (Å²) >= 11 is 0. The van der Waals surface area contributed by atoms with E-state index in [4.69, 9.17) is 5.73 Å². The van der Waals surface area contributed by atoms with E-state index in [1.165, 1.54) is 6.07 Å². The number of nitrogens with two attached hydrogens (primary N) is 1. The van der Waals surface area contributed by atoms with E-state index in [1.54, 1.807) is 0 Å². The Labute approximate surface area is 152 Å². The Balaban J connectivity index is 1.67. The fourth-order valence-electron chi connectivity index (χ4n) is 5.04. The maximum Gasteiger partial charge on any atom is 0.249 e. The summed E-state index contributed by atoms with van der Waals surface area (Å²) in [4.78, 5) is 14.1. The summed E-state index contributed by atoms with van der Waals surface area (Å²) in [6.45, 7) is 2.74. The molecule has 0 bridgehead atoms. The van der Waals surface area contributed by atoms with Gasteiger partial charge in [0, 0.05) is 30.3 Å². The molecule has 26 heavy (non-hydrogen) atoms. The Bertz CT molecular complexity index is 910. The summed E-state index contributed by atoms with van der Waals surface area (Å²) in [7, 11) is 0. The number of nitrogens with zero attached hydrogens (tertiary/aromatic N) is 1. The lowest BCUT2D eigenvalue weighted by molar-refractivity contribution is 0.0999. The largest absolute Gasteiger partial charge is 0.368 e. The molecule has 2 atom stereocenters.